The maximum atomic E-state index is 11.6. The molecule has 2 unspecified atom stereocenters. The summed E-state index contributed by atoms with van der Waals surface area (Å²) in [4.78, 5) is 32.1. The van der Waals surface area contributed by atoms with E-state index in [-0.39, 0.29) is 24.2 Å². The average molecular weight is 372 g/mol. The number of hydrogen-bond acceptors (Lipinski definition) is 6. The molecular weight excluding hydrogens is 347 g/mol. The summed E-state index contributed by atoms with van der Waals surface area (Å²) in [6, 6.07) is 4.57. The number of benzene rings is 1. The molecule has 0 saturated carbocycles. The Balaban J connectivity index is 2.91. The van der Waals surface area contributed by atoms with E-state index in [0.29, 0.717) is 17.5 Å². The van der Waals surface area contributed by atoms with Gasteiger partial charge in [0, 0.05) is 19.0 Å². The molecule has 0 aliphatic carbocycles. The molecule has 8 nitrogen and oxygen atoms in total. The van der Waals surface area contributed by atoms with Gasteiger partial charge < -0.3 is 19.3 Å². The maximum Gasteiger partial charge on any atom is 0.330 e. The van der Waals surface area contributed by atoms with Crippen LogP contribution >= 0.6 is 8.60 Å². The van der Waals surface area contributed by atoms with E-state index in [2.05, 4.69) is 5.32 Å². The fraction of sp³-hybridized carbons (Fsp3) is 0.562. The normalized spacial score (nSPS) is 13.5. The third-order valence-corrected chi connectivity index (χ3v) is 4.34. The van der Waals surface area contributed by atoms with Crippen molar-refractivity contribution in [3.05, 3.63) is 39.4 Å². The van der Waals surface area contributed by atoms with Crippen molar-refractivity contribution in [3.8, 4) is 0 Å². The van der Waals surface area contributed by atoms with Crippen LogP contribution < -0.4 is 5.32 Å². The molecule has 0 fully saturated rings. The molecule has 0 bridgehead atoms. The first kappa shape index (κ1) is 21.4. The van der Waals surface area contributed by atoms with Gasteiger partial charge >= 0.3 is 8.60 Å². The summed E-state index contributed by atoms with van der Waals surface area (Å²) in [5.41, 5.74) is 0.928. The van der Waals surface area contributed by atoms with Gasteiger partial charge in [0.2, 0.25) is 5.91 Å². The molecule has 2 atom stereocenters. The second kappa shape index (κ2) is 10.4. The first-order valence-corrected chi connectivity index (χ1v) is 9.24. The first-order valence-electron chi connectivity index (χ1n) is 8.11. The number of rotatable bonds is 10. The summed E-state index contributed by atoms with van der Waals surface area (Å²) in [5.74, 6) is -0.0732. The quantitative estimate of drug-likeness (QED) is 0.368. The summed E-state index contributed by atoms with van der Waals surface area (Å²) in [6.45, 7) is 7.29. The van der Waals surface area contributed by atoms with Gasteiger partial charge in [-0.1, -0.05) is 13.0 Å². The summed E-state index contributed by atoms with van der Waals surface area (Å²) >= 11 is 0. The Morgan fingerprint density at radius 3 is 2.60 bits per heavy atom. The Labute approximate surface area is 148 Å². The van der Waals surface area contributed by atoms with E-state index in [1.54, 1.807) is 32.9 Å². The molecule has 1 amide bonds. The predicted octanol–water partition coefficient (Wildman–Crippen LogP) is 3.73. The number of hydrogen-bond donors (Lipinski definition) is 2. The van der Waals surface area contributed by atoms with Gasteiger partial charge in [0.1, 0.15) is 0 Å². The lowest BCUT2D eigenvalue weighted by Gasteiger charge is -2.19. The van der Waals surface area contributed by atoms with Crippen molar-refractivity contribution in [1.29, 1.82) is 0 Å². The molecule has 25 heavy (non-hydrogen) atoms. The molecule has 9 heteroatoms. The lowest BCUT2D eigenvalue weighted by Crippen LogP contribution is -2.22. The van der Waals surface area contributed by atoms with Crippen LogP contribution in [0.3, 0.4) is 0 Å². The number of amides is 1. The van der Waals surface area contributed by atoms with Gasteiger partial charge in [0.25, 0.3) is 5.69 Å². The molecule has 1 rings (SSSR count). The number of nitrogens with one attached hydrogen (secondary N) is 1. The van der Waals surface area contributed by atoms with Gasteiger partial charge in [-0.2, -0.15) is 0 Å². The molecule has 0 heterocycles. The Hall–Kier alpha value is -1.60. The zero-order valence-electron chi connectivity index (χ0n) is 14.9. The monoisotopic (exact) mass is 372 g/mol. The third kappa shape index (κ3) is 7.44. The molecule has 0 radical (unpaired) electrons. The minimum atomic E-state index is -2.14. The van der Waals surface area contributed by atoms with Crippen LogP contribution in [0.4, 0.5) is 5.69 Å². The van der Waals surface area contributed by atoms with Crippen molar-refractivity contribution in [2.45, 2.75) is 59.3 Å². The van der Waals surface area contributed by atoms with Crippen LogP contribution in [0.25, 0.3) is 0 Å². The zero-order valence-corrected chi connectivity index (χ0v) is 15.8. The van der Waals surface area contributed by atoms with Gasteiger partial charge in [-0.3, -0.25) is 14.9 Å². The summed E-state index contributed by atoms with van der Waals surface area (Å²) in [5, 5.41) is 14.0. The van der Waals surface area contributed by atoms with E-state index in [9.17, 15) is 19.8 Å². The molecule has 0 saturated heterocycles. The second-order valence-corrected chi connectivity index (χ2v) is 6.71. The van der Waals surface area contributed by atoms with Crippen LogP contribution in [-0.2, 0) is 20.4 Å². The van der Waals surface area contributed by atoms with Gasteiger partial charge in [0.05, 0.1) is 22.7 Å². The topological polar surface area (TPSA) is 111 Å². The van der Waals surface area contributed by atoms with E-state index >= 15 is 0 Å². The van der Waals surface area contributed by atoms with Crippen molar-refractivity contribution >= 4 is 20.2 Å². The van der Waals surface area contributed by atoms with Crippen molar-refractivity contribution in [2.75, 3.05) is 0 Å². The molecule has 0 spiro atoms. The average Bonchev–Trinajstić information content (AvgIpc) is 2.51. The molecule has 0 aliphatic rings. The first-order chi connectivity index (χ1) is 11.7. The van der Waals surface area contributed by atoms with Crippen molar-refractivity contribution in [3.63, 3.8) is 0 Å². The number of carbonyl (C=O) groups excluding carboxylic acids is 1. The summed E-state index contributed by atoms with van der Waals surface area (Å²) in [7, 11) is -2.14. The number of nitro groups is 1. The van der Waals surface area contributed by atoms with Gasteiger partial charge in [-0.25, -0.2) is 0 Å². The Bertz CT molecular complexity index is 596. The van der Waals surface area contributed by atoms with E-state index < -0.39 is 19.6 Å². The van der Waals surface area contributed by atoms with E-state index in [1.807, 2.05) is 6.92 Å². The highest BCUT2D eigenvalue weighted by Crippen LogP contribution is 2.42. The van der Waals surface area contributed by atoms with Crippen LogP contribution in [0.5, 0.6) is 0 Å². The standard InChI is InChI=1S/C16H25N2O6P/c1-5-6-16(19)17-10-13-7-8-15(18(20)21)14(9-13)12(4)24-25(22)23-11(2)3/h7-9,11-12,22H,5-6,10H2,1-4H3,(H,17,19). The molecule has 0 aliphatic heterocycles. The lowest BCUT2D eigenvalue weighted by molar-refractivity contribution is -0.386. The van der Waals surface area contributed by atoms with Crippen molar-refractivity contribution in [2.24, 2.45) is 0 Å². The molecule has 1 aromatic rings. The number of nitro benzene ring substituents is 1. The Kier molecular flexibility index (Phi) is 8.92. The van der Waals surface area contributed by atoms with Gasteiger partial charge in [0.15, 0.2) is 0 Å². The summed E-state index contributed by atoms with van der Waals surface area (Å²) in [6.07, 6.45) is 0.221. The Morgan fingerprint density at radius 1 is 1.36 bits per heavy atom. The predicted molar refractivity (Wildman–Crippen MR) is 94.7 cm³/mol. The molecule has 0 aromatic heterocycles. The van der Waals surface area contributed by atoms with Crippen LogP contribution in [0.15, 0.2) is 18.2 Å². The highest BCUT2D eigenvalue weighted by molar-refractivity contribution is 7.40. The molecule has 1 aromatic carbocycles. The SMILES string of the molecule is CCCC(=O)NCc1ccc([N+](=O)[O-])c(C(C)OP(O)OC(C)C)c1. The van der Waals surface area contributed by atoms with Crippen molar-refractivity contribution in [1.82, 2.24) is 5.32 Å². The minimum absolute atomic E-state index is 0.0732. The molecule has 2 N–H and O–H groups in total. The van der Waals surface area contributed by atoms with Crippen LogP contribution in [0.1, 0.15) is 57.8 Å². The van der Waals surface area contributed by atoms with E-state index in [4.69, 9.17) is 9.05 Å². The Morgan fingerprint density at radius 2 is 2.04 bits per heavy atom. The fourth-order valence-corrected chi connectivity index (χ4v) is 2.91. The maximum absolute atomic E-state index is 11.6. The largest absolute Gasteiger partial charge is 0.352 e. The van der Waals surface area contributed by atoms with Crippen molar-refractivity contribution < 1.29 is 23.7 Å². The third-order valence-electron chi connectivity index (χ3n) is 3.24. The molecule has 140 valence electrons. The van der Waals surface area contributed by atoms with Crippen LogP contribution in [0, 0.1) is 10.1 Å². The minimum Gasteiger partial charge on any atom is -0.352 e. The zero-order chi connectivity index (χ0) is 19.0. The number of nitrogens with zero attached hydrogens (tertiary/aromatic N) is 1. The lowest BCUT2D eigenvalue weighted by atomic mass is 10.0. The van der Waals surface area contributed by atoms with E-state index in [1.165, 1.54) is 6.07 Å². The summed E-state index contributed by atoms with van der Waals surface area (Å²) < 4.78 is 10.5. The van der Waals surface area contributed by atoms with Gasteiger partial charge in [-0.15, -0.1) is 0 Å². The highest BCUT2D eigenvalue weighted by Gasteiger charge is 2.23. The number of carbonyl (C=O) groups is 1. The van der Waals surface area contributed by atoms with Crippen LogP contribution in [-0.4, -0.2) is 21.8 Å². The molecular formula is C16H25N2O6P. The highest BCUT2D eigenvalue weighted by atomic mass is 31.2. The van der Waals surface area contributed by atoms with Gasteiger partial charge in [-0.05, 0) is 38.8 Å². The van der Waals surface area contributed by atoms with E-state index in [0.717, 1.165) is 6.42 Å². The van der Waals surface area contributed by atoms with Crippen LogP contribution in [0.2, 0.25) is 0 Å². The fourth-order valence-electron chi connectivity index (χ4n) is 2.12. The smallest absolute Gasteiger partial charge is 0.330 e. The second-order valence-electron chi connectivity index (χ2n) is 5.82.